The number of hydrogen-bond acceptors (Lipinski definition) is 5. The lowest BCUT2D eigenvalue weighted by molar-refractivity contribution is -0.121. The van der Waals surface area contributed by atoms with Crippen molar-refractivity contribution in [2.75, 3.05) is 27.2 Å². The van der Waals surface area contributed by atoms with Crippen molar-refractivity contribution in [1.82, 2.24) is 20.9 Å². The predicted octanol–water partition coefficient (Wildman–Crippen LogP) is 1.15. The van der Waals surface area contributed by atoms with Crippen LogP contribution in [0.1, 0.15) is 16.1 Å². The molecule has 1 fully saturated rings. The van der Waals surface area contributed by atoms with Gasteiger partial charge in [0.1, 0.15) is 5.58 Å². The van der Waals surface area contributed by atoms with Crippen molar-refractivity contribution >= 4 is 51.4 Å². The molecule has 9 heteroatoms. The van der Waals surface area contributed by atoms with Gasteiger partial charge in [-0.3, -0.25) is 14.9 Å². The first-order valence-corrected chi connectivity index (χ1v) is 8.67. The third-order valence-electron chi connectivity index (χ3n) is 3.79. The Hall–Kier alpha value is -2.14. The highest BCUT2D eigenvalue weighted by Gasteiger charge is 2.48. The molecule has 0 aliphatic carbocycles. The van der Waals surface area contributed by atoms with E-state index in [0.717, 1.165) is 11.9 Å². The van der Waals surface area contributed by atoms with Crippen LogP contribution in [0.25, 0.3) is 11.0 Å². The van der Waals surface area contributed by atoms with Gasteiger partial charge >= 0.3 is 6.03 Å². The van der Waals surface area contributed by atoms with Crippen LogP contribution in [0, 0.1) is 0 Å². The number of imide groups is 1. The van der Waals surface area contributed by atoms with E-state index < -0.39 is 15.5 Å². The van der Waals surface area contributed by atoms with E-state index >= 15 is 0 Å². The number of urea groups is 1. The summed E-state index contributed by atoms with van der Waals surface area (Å²) in [6, 6.07) is 6.18. The zero-order valence-electron chi connectivity index (χ0n) is 13.7. The Balaban J connectivity index is 1.83. The largest absolute Gasteiger partial charge is 0.457 e. The molecule has 1 aromatic carbocycles. The van der Waals surface area contributed by atoms with Crippen molar-refractivity contribution in [3.05, 3.63) is 35.6 Å². The maximum absolute atomic E-state index is 12.2. The van der Waals surface area contributed by atoms with Gasteiger partial charge in [-0.2, -0.15) is 0 Å². The molecule has 0 radical (unpaired) electrons. The van der Waals surface area contributed by atoms with Crippen LogP contribution in [0.5, 0.6) is 0 Å². The van der Waals surface area contributed by atoms with Crippen molar-refractivity contribution in [2.24, 2.45) is 0 Å². The van der Waals surface area contributed by atoms with Crippen LogP contribution in [0.15, 0.2) is 28.7 Å². The fourth-order valence-corrected chi connectivity index (χ4v) is 3.09. The Morgan fingerprint density at radius 2 is 2.08 bits per heavy atom. The van der Waals surface area contributed by atoms with Crippen LogP contribution < -0.4 is 16.0 Å². The van der Waals surface area contributed by atoms with Gasteiger partial charge < -0.3 is 20.0 Å². The molecular formula is C16H17IN4O4. The molecule has 2 aromatic rings. The molecule has 25 heavy (non-hydrogen) atoms. The summed E-state index contributed by atoms with van der Waals surface area (Å²) in [7, 11) is 3.86. The van der Waals surface area contributed by atoms with Crippen molar-refractivity contribution in [1.29, 1.82) is 0 Å². The summed E-state index contributed by atoms with van der Waals surface area (Å²) in [4.78, 5) is 37.6. The molecule has 132 valence electrons. The lowest BCUT2D eigenvalue weighted by Crippen LogP contribution is -2.36. The molecule has 4 amide bonds. The number of amides is 4. The molecule has 8 nitrogen and oxygen atoms in total. The number of hydrogen-bond donors (Lipinski definition) is 3. The van der Waals surface area contributed by atoms with Gasteiger partial charge in [-0.1, -0.05) is 6.07 Å². The average Bonchev–Trinajstić information content (AvgIpc) is 3.07. The van der Waals surface area contributed by atoms with Crippen molar-refractivity contribution in [3.8, 4) is 0 Å². The third kappa shape index (κ3) is 3.47. The number of nitrogens with zero attached hydrogens (tertiary/aromatic N) is 1. The molecule has 3 N–H and O–H groups in total. The van der Waals surface area contributed by atoms with Crippen molar-refractivity contribution in [2.45, 2.75) is 3.55 Å². The van der Waals surface area contributed by atoms with E-state index in [2.05, 4.69) is 16.0 Å². The number of fused-ring (bicyclic) bond motifs is 1. The molecule has 1 saturated heterocycles. The first-order valence-electron chi connectivity index (χ1n) is 7.59. The molecule has 0 spiro atoms. The van der Waals surface area contributed by atoms with Gasteiger partial charge in [0.15, 0.2) is 5.76 Å². The molecule has 0 unspecified atom stereocenters. The smallest absolute Gasteiger partial charge is 0.323 e. The van der Waals surface area contributed by atoms with E-state index in [1.54, 1.807) is 24.3 Å². The van der Waals surface area contributed by atoms with Crippen LogP contribution in [-0.2, 0) is 8.34 Å². The van der Waals surface area contributed by atoms with Gasteiger partial charge in [-0.25, -0.2) is 4.79 Å². The number of likely N-dealkylation sites (N-methyl/N-ethyl adjacent to an activating group) is 1. The Morgan fingerprint density at radius 1 is 1.32 bits per heavy atom. The zero-order chi connectivity index (χ0) is 18.2. The second-order valence-corrected chi connectivity index (χ2v) is 7.61. The topological polar surface area (TPSA) is 104 Å². The Bertz CT molecular complexity index is 863. The number of carbonyl (C=O) groups is 3. The maximum atomic E-state index is 12.2. The van der Waals surface area contributed by atoms with Crippen molar-refractivity contribution in [3.63, 3.8) is 0 Å². The molecule has 0 saturated carbocycles. The summed E-state index contributed by atoms with van der Waals surface area (Å²) in [5.41, 5.74) is 0.940. The normalized spacial score (nSPS) is 20.0. The molecule has 1 aromatic heterocycles. The molecule has 1 atom stereocenters. The first kappa shape index (κ1) is 17.7. The van der Waals surface area contributed by atoms with E-state index in [0.29, 0.717) is 23.5 Å². The van der Waals surface area contributed by atoms with Gasteiger partial charge in [0.05, 0.1) is 0 Å². The van der Waals surface area contributed by atoms with E-state index in [-0.39, 0.29) is 5.91 Å². The average molecular weight is 456 g/mol. The Labute approximate surface area is 157 Å². The number of halogens is 1. The van der Waals surface area contributed by atoms with Crippen molar-refractivity contribution < 1.29 is 18.8 Å². The van der Waals surface area contributed by atoms with Gasteiger partial charge in [-0.05, 0) is 54.9 Å². The lowest BCUT2D eigenvalue weighted by Gasteiger charge is -2.14. The van der Waals surface area contributed by atoms with Crippen LogP contribution >= 0.6 is 22.6 Å². The second-order valence-electron chi connectivity index (χ2n) is 5.99. The highest BCUT2D eigenvalue weighted by atomic mass is 127. The number of alkyl halides is 1. The molecular weight excluding hydrogens is 439 g/mol. The summed E-state index contributed by atoms with van der Waals surface area (Å²) >= 11 is 1.83. The Morgan fingerprint density at radius 3 is 2.72 bits per heavy atom. The summed E-state index contributed by atoms with van der Waals surface area (Å²) in [6.45, 7) is 1.28. The number of benzene rings is 1. The molecule has 2 heterocycles. The van der Waals surface area contributed by atoms with Gasteiger partial charge in [-0.15, -0.1) is 0 Å². The summed E-state index contributed by atoms with van der Waals surface area (Å²) in [5, 5.41) is 8.30. The molecule has 1 aliphatic heterocycles. The van der Waals surface area contributed by atoms with Gasteiger partial charge in [0.2, 0.25) is 3.55 Å². The number of nitrogens with one attached hydrogen (secondary N) is 3. The summed E-state index contributed by atoms with van der Waals surface area (Å²) < 4.78 is 4.45. The van der Waals surface area contributed by atoms with E-state index in [4.69, 9.17) is 4.42 Å². The highest BCUT2D eigenvalue weighted by molar-refractivity contribution is 14.1. The highest BCUT2D eigenvalue weighted by Crippen LogP contribution is 2.36. The first-order chi connectivity index (χ1) is 11.8. The molecule has 1 aliphatic rings. The maximum Gasteiger partial charge on any atom is 0.323 e. The van der Waals surface area contributed by atoms with E-state index in [1.807, 2.05) is 41.6 Å². The van der Waals surface area contributed by atoms with Crippen LogP contribution in [0.2, 0.25) is 0 Å². The van der Waals surface area contributed by atoms with Gasteiger partial charge in [0.25, 0.3) is 11.8 Å². The monoisotopic (exact) mass is 456 g/mol. The quantitative estimate of drug-likeness (QED) is 0.271. The summed E-state index contributed by atoms with van der Waals surface area (Å²) in [5.74, 6) is -0.381. The summed E-state index contributed by atoms with van der Waals surface area (Å²) in [6.07, 6.45) is 0. The van der Waals surface area contributed by atoms with Crippen LogP contribution in [0.4, 0.5) is 4.79 Å². The standard InChI is InChI=1S/C16H17IN4O4/c1-21(2)6-5-18-13(22)10-4-3-9-8-12(25-11(9)7-10)16(17)14(23)19-15(24)20-16/h3-4,7-8H,5-6H2,1-2H3,(H,18,22)(H2,19,20,23,24)/t16-/m0/s1. The number of furan rings is 1. The third-order valence-corrected chi connectivity index (χ3v) is 5.08. The van der Waals surface area contributed by atoms with E-state index in [1.165, 1.54) is 0 Å². The van der Waals surface area contributed by atoms with E-state index in [9.17, 15) is 14.4 Å². The second kappa shape index (κ2) is 6.64. The SMILES string of the molecule is CN(C)CCNC(=O)c1ccc2cc([C@]3(I)NC(=O)NC3=O)oc2c1. The van der Waals surface area contributed by atoms with Gasteiger partial charge in [0, 0.05) is 24.0 Å². The van der Waals surface area contributed by atoms with Crippen LogP contribution in [-0.4, -0.2) is 49.9 Å². The number of carbonyl (C=O) groups excluding carboxylic acids is 3. The fraction of sp³-hybridized carbons (Fsp3) is 0.312. The number of rotatable bonds is 5. The fourth-order valence-electron chi connectivity index (χ4n) is 2.44. The minimum absolute atomic E-state index is 0.196. The predicted molar refractivity (Wildman–Crippen MR) is 99.5 cm³/mol. The lowest BCUT2D eigenvalue weighted by atomic mass is 10.1. The minimum atomic E-state index is -1.29. The molecule has 0 bridgehead atoms. The zero-order valence-corrected chi connectivity index (χ0v) is 15.8. The van der Waals surface area contributed by atoms with Crippen LogP contribution in [0.3, 0.4) is 0 Å². The molecule has 3 rings (SSSR count). The Kier molecular flexibility index (Phi) is 4.69. The minimum Gasteiger partial charge on any atom is -0.457 e.